The van der Waals surface area contributed by atoms with Crippen molar-refractivity contribution < 1.29 is 70.9 Å². The van der Waals surface area contributed by atoms with Crippen LogP contribution >= 0.6 is 0 Å². The molecule has 0 heterocycles. The molecule has 2 radical (unpaired) electrons. The summed E-state index contributed by atoms with van der Waals surface area (Å²) in [7, 11) is 0. The van der Waals surface area contributed by atoms with Crippen LogP contribution in [0.25, 0.3) is 0 Å². The predicted octanol–water partition coefficient (Wildman–Crippen LogP) is -7.37. The van der Waals surface area contributed by atoms with Crippen molar-refractivity contribution in [1.29, 1.82) is 0 Å². The van der Waals surface area contributed by atoms with Gasteiger partial charge in [-0.2, -0.15) is 0 Å². The van der Waals surface area contributed by atoms with Gasteiger partial charge in [-0.15, -0.1) is 0 Å². The average molecular weight is 471 g/mol. The van der Waals surface area contributed by atoms with Crippen LogP contribution in [0, 0.1) is 0 Å². The normalized spacial score (nSPS) is 19.6. The van der Waals surface area contributed by atoms with Crippen LogP contribution in [0.5, 0.6) is 0 Å². The summed E-state index contributed by atoms with van der Waals surface area (Å²) in [4.78, 5) is 20.2. The number of carbonyl (C=O) groups is 2. The predicted molar refractivity (Wildman–Crippen MR) is 83.3 cm³/mol. The molecule has 0 aliphatic carbocycles. The summed E-state index contributed by atoms with van der Waals surface area (Å²) in [5.74, 6) is -3.45. The van der Waals surface area contributed by atoms with Crippen LogP contribution in [-0.4, -0.2) is 152 Å². The van der Waals surface area contributed by atoms with E-state index in [1.807, 2.05) is 0 Å². The number of carboxylic acid groups (broad SMARTS) is 2. The van der Waals surface area contributed by atoms with E-state index >= 15 is 0 Å². The quantitative estimate of drug-likeness (QED) is 0.132. The van der Waals surface area contributed by atoms with E-state index in [1.165, 1.54) is 0 Å². The van der Waals surface area contributed by atoms with E-state index in [4.69, 9.17) is 61.3 Å². The summed E-state index contributed by atoms with van der Waals surface area (Å²) < 4.78 is 0. The molecule has 12 N–H and O–H groups in total. The molecular weight excluding hydrogens is 447 g/mol. The van der Waals surface area contributed by atoms with E-state index in [9.17, 15) is 9.59 Å². The SMILES string of the molecule is O=C(O)[C@H](O)[C@@H](O)[C@H](O)[C@H](O)CO.O=C(O)[C@H](O)[C@@H](O)[C@H](O)[C@H](O)CO.[Se]. The molecule has 0 fully saturated rings. The van der Waals surface area contributed by atoms with Crippen molar-refractivity contribution in [3.8, 4) is 0 Å². The number of aliphatic hydroxyl groups is 10. The maximum atomic E-state index is 10.1. The summed E-state index contributed by atoms with van der Waals surface area (Å²) in [6.07, 6.45) is -15.7. The Bertz CT molecular complexity index is 385. The standard InChI is InChI=1S/2C6H12O7.Se/c2*7-1-2(8)3(9)4(10)5(11)6(12)13;/h2*2-5,7-11H,1H2,(H,12,13);/t2*2-,3-,4+,5-;/m11./s1. The van der Waals surface area contributed by atoms with Gasteiger partial charge in [0, 0.05) is 17.1 Å². The Hall–Kier alpha value is -0.941. The molecule has 0 aromatic rings. The second-order valence-electron chi connectivity index (χ2n) is 5.03. The van der Waals surface area contributed by atoms with Gasteiger partial charge in [-0.25, -0.2) is 9.59 Å². The van der Waals surface area contributed by atoms with Crippen LogP contribution in [0.4, 0.5) is 0 Å². The first-order valence-corrected chi connectivity index (χ1v) is 6.95. The molecule has 162 valence electrons. The summed E-state index contributed by atoms with van der Waals surface area (Å²) >= 11 is 0. The smallest absolute Gasteiger partial charge is 0.335 e. The zero-order valence-electron chi connectivity index (χ0n) is 13.6. The first kappa shape index (κ1) is 30.8. The average Bonchev–Trinajstić information content (AvgIpc) is 2.62. The van der Waals surface area contributed by atoms with Gasteiger partial charge in [0.05, 0.1) is 13.2 Å². The zero-order chi connectivity index (χ0) is 21.2. The maximum absolute atomic E-state index is 10.1. The van der Waals surface area contributed by atoms with E-state index < -0.39 is 74.0 Å². The van der Waals surface area contributed by atoms with Gasteiger partial charge in [0.15, 0.2) is 12.2 Å². The third-order valence-corrected chi connectivity index (χ3v) is 3.02. The Labute approximate surface area is 162 Å². The van der Waals surface area contributed by atoms with Gasteiger partial charge >= 0.3 is 11.9 Å². The first-order valence-electron chi connectivity index (χ1n) is 6.95. The minimum Gasteiger partial charge on any atom is -0.479 e. The van der Waals surface area contributed by atoms with E-state index in [-0.39, 0.29) is 17.1 Å². The molecule has 14 nitrogen and oxygen atoms in total. The number of hydrogen-bond acceptors (Lipinski definition) is 12. The molecule has 8 atom stereocenters. The van der Waals surface area contributed by atoms with Crippen molar-refractivity contribution >= 4 is 29.0 Å². The van der Waals surface area contributed by atoms with Gasteiger partial charge in [0.1, 0.15) is 36.6 Å². The second-order valence-corrected chi connectivity index (χ2v) is 5.03. The van der Waals surface area contributed by atoms with Crippen molar-refractivity contribution in [3.05, 3.63) is 0 Å². The summed E-state index contributed by atoms with van der Waals surface area (Å²) in [6, 6.07) is 0. The molecule has 27 heavy (non-hydrogen) atoms. The number of rotatable bonds is 10. The molecule has 0 amide bonds. The van der Waals surface area contributed by atoms with E-state index in [0.29, 0.717) is 0 Å². The molecule has 0 aromatic carbocycles. The van der Waals surface area contributed by atoms with Gasteiger partial charge in [0.2, 0.25) is 0 Å². The third kappa shape index (κ3) is 10.8. The zero-order valence-corrected chi connectivity index (χ0v) is 15.3. The summed E-state index contributed by atoms with van der Waals surface area (Å²) in [5, 5.41) is 104. The molecule has 0 unspecified atom stereocenters. The van der Waals surface area contributed by atoms with Crippen LogP contribution in [0.2, 0.25) is 0 Å². The Kier molecular flexibility index (Phi) is 17.1. The molecule has 0 spiro atoms. The number of hydrogen-bond donors (Lipinski definition) is 12. The number of aliphatic carboxylic acids is 2. The molecule has 0 saturated heterocycles. The third-order valence-electron chi connectivity index (χ3n) is 3.02. The van der Waals surface area contributed by atoms with Crippen LogP contribution in [0.15, 0.2) is 0 Å². The van der Waals surface area contributed by atoms with Gasteiger partial charge < -0.3 is 61.3 Å². The minimum absolute atomic E-state index is 0. The number of carboxylic acids is 2. The molecule has 0 bridgehead atoms. The monoisotopic (exact) mass is 472 g/mol. The van der Waals surface area contributed by atoms with Crippen molar-refractivity contribution in [2.45, 2.75) is 48.8 Å². The van der Waals surface area contributed by atoms with Crippen LogP contribution in [-0.2, 0) is 9.59 Å². The topological polar surface area (TPSA) is 277 Å². The molecule has 0 aliphatic rings. The molecule has 0 aliphatic heterocycles. The van der Waals surface area contributed by atoms with Crippen LogP contribution in [0.1, 0.15) is 0 Å². The van der Waals surface area contributed by atoms with Crippen molar-refractivity contribution in [3.63, 3.8) is 0 Å². The molecule has 0 saturated carbocycles. The Morgan fingerprint density at radius 3 is 0.926 bits per heavy atom. The largest absolute Gasteiger partial charge is 0.479 e. The first-order chi connectivity index (χ1) is 11.8. The fraction of sp³-hybridized carbons (Fsp3) is 0.833. The van der Waals surface area contributed by atoms with Crippen LogP contribution in [0.3, 0.4) is 0 Å². The summed E-state index contributed by atoms with van der Waals surface area (Å²) in [5.41, 5.74) is 0. The van der Waals surface area contributed by atoms with Gasteiger partial charge in [-0.05, 0) is 0 Å². The Balaban J connectivity index is -0.000000411. The van der Waals surface area contributed by atoms with Crippen LogP contribution < -0.4 is 0 Å². The fourth-order valence-corrected chi connectivity index (χ4v) is 1.34. The molecular formula is C12H24O14Se. The van der Waals surface area contributed by atoms with Gasteiger partial charge in [0.25, 0.3) is 0 Å². The molecule has 0 rings (SSSR count). The van der Waals surface area contributed by atoms with Crippen molar-refractivity contribution in [2.75, 3.05) is 13.2 Å². The van der Waals surface area contributed by atoms with Gasteiger partial charge in [-0.3, -0.25) is 0 Å². The van der Waals surface area contributed by atoms with E-state index in [1.54, 1.807) is 0 Å². The van der Waals surface area contributed by atoms with E-state index in [2.05, 4.69) is 0 Å². The molecule has 15 heteroatoms. The summed E-state index contributed by atoms with van der Waals surface area (Å²) in [6.45, 7) is -1.69. The fourth-order valence-electron chi connectivity index (χ4n) is 1.34. The Morgan fingerprint density at radius 2 is 0.778 bits per heavy atom. The van der Waals surface area contributed by atoms with Crippen molar-refractivity contribution in [2.24, 2.45) is 0 Å². The second kappa shape index (κ2) is 15.0. The van der Waals surface area contributed by atoms with Gasteiger partial charge in [-0.1, -0.05) is 0 Å². The molecule has 0 aromatic heterocycles. The number of aliphatic hydroxyl groups excluding tert-OH is 10. The van der Waals surface area contributed by atoms with Crippen molar-refractivity contribution in [1.82, 2.24) is 0 Å². The van der Waals surface area contributed by atoms with E-state index in [0.717, 1.165) is 0 Å². The Morgan fingerprint density at radius 1 is 0.556 bits per heavy atom. The minimum atomic E-state index is -2.20. The maximum Gasteiger partial charge on any atom is 0.335 e.